The molecule has 0 bridgehead atoms. The lowest BCUT2D eigenvalue weighted by Crippen LogP contribution is -2.18. The van der Waals surface area contributed by atoms with Gasteiger partial charge in [-0.3, -0.25) is 4.79 Å². The molecule has 1 rings (SSSR count). The molecule has 0 radical (unpaired) electrons. The summed E-state index contributed by atoms with van der Waals surface area (Å²) in [5.41, 5.74) is 6.02. The molecule has 1 amide bonds. The van der Waals surface area contributed by atoms with Crippen molar-refractivity contribution in [1.29, 1.82) is 0 Å². The van der Waals surface area contributed by atoms with E-state index in [2.05, 4.69) is 21.2 Å². The number of hydrogen-bond acceptors (Lipinski definition) is 3. The standard InChI is InChI=1S/C11H14BrFN2O2/c1-15-11(16)3-2-4-17-10-6-8(13)7(12)5-9(10)14/h5-6H,2-4,14H2,1H3,(H,15,16). The summed E-state index contributed by atoms with van der Waals surface area (Å²) in [5, 5.41) is 2.51. The normalized spacial score (nSPS) is 10.1. The number of nitrogen functional groups attached to an aromatic ring is 1. The predicted molar refractivity (Wildman–Crippen MR) is 67.3 cm³/mol. The summed E-state index contributed by atoms with van der Waals surface area (Å²) in [5.74, 6) is -0.188. The van der Waals surface area contributed by atoms with E-state index in [1.54, 1.807) is 7.05 Å². The van der Waals surface area contributed by atoms with Crippen LogP contribution in [0.5, 0.6) is 5.75 Å². The Kier molecular flexibility index (Phi) is 5.21. The molecule has 0 unspecified atom stereocenters. The Bertz CT molecular complexity index is 413. The number of ether oxygens (including phenoxy) is 1. The van der Waals surface area contributed by atoms with Crippen LogP contribution >= 0.6 is 15.9 Å². The number of amides is 1. The molecule has 6 heteroatoms. The van der Waals surface area contributed by atoms with E-state index in [4.69, 9.17) is 10.5 Å². The van der Waals surface area contributed by atoms with Gasteiger partial charge >= 0.3 is 0 Å². The minimum atomic E-state index is -0.430. The third-order valence-electron chi connectivity index (χ3n) is 2.14. The van der Waals surface area contributed by atoms with Crippen molar-refractivity contribution in [3.8, 4) is 5.75 Å². The molecule has 0 fully saturated rings. The first-order chi connectivity index (χ1) is 8.04. The van der Waals surface area contributed by atoms with Crippen molar-refractivity contribution in [1.82, 2.24) is 5.32 Å². The monoisotopic (exact) mass is 304 g/mol. The van der Waals surface area contributed by atoms with Gasteiger partial charge in [0.25, 0.3) is 0 Å². The van der Waals surface area contributed by atoms with E-state index in [1.807, 2.05) is 0 Å². The van der Waals surface area contributed by atoms with Crippen LogP contribution in [0.4, 0.5) is 10.1 Å². The van der Waals surface area contributed by atoms with Gasteiger partial charge in [-0.15, -0.1) is 0 Å². The Morgan fingerprint density at radius 1 is 1.59 bits per heavy atom. The molecule has 0 heterocycles. The van der Waals surface area contributed by atoms with Gasteiger partial charge in [-0.2, -0.15) is 0 Å². The maximum atomic E-state index is 13.2. The van der Waals surface area contributed by atoms with Crippen molar-refractivity contribution < 1.29 is 13.9 Å². The molecule has 0 saturated carbocycles. The van der Waals surface area contributed by atoms with Crippen LogP contribution in [0.2, 0.25) is 0 Å². The van der Waals surface area contributed by atoms with Crippen molar-refractivity contribution >= 4 is 27.5 Å². The Morgan fingerprint density at radius 3 is 2.94 bits per heavy atom. The molecule has 4 nitrogen and oxygen atoms in total. The number of carbonyl (C=O) groups is 1. The van der Waals surface area contributed by atoms with E-state index in [0.717, 1.165) is 0 Å². The minimum absolute atomic E-state index is 0.0523. The van der Waals surface area contributed by atoms with Gasteiger partial charge in [-0.25, -0.2) is 4.39 Å². The van der Waals surface area contributed by atoms with Gasteiger partial charge in [-0.05, 0) is 28.4 Å². The predicted octanol–water partition coefficient (Wildman–Crippen LogP) is 2.08. The van der Waals surface area contributed by atoms with Crippen LogP contribution in [-0.2, 0) is 4.79 Å². The topological polar surface area (TPSA) is 64.3 Å². The van der Waals surface area contributed by atoms with Crippen LogP contribution in [-0.4, -0.2) is 19.6 Å². The van der Waals surface area contributed by atoms with Gasteiger partial charge in [-0.1, -0.05) is 0 Å². The van der Waals surface area contributed by atoms with Crippen LogP contribution in [0.15, 0.2) is 16.6 Å². The summed E-state index contributed by atoms with van der Waals surface area (Å²) >= 11 is 3.03. The number of carbonyl (C=O) groups excluding carboxylic acids is 1. The minimum Gasteiger partial charge on any atom is -0.491 e. The average molecular weight is 305 g/mol. The second-order valence-electron chi connectivity index (χ2n) is 3.43. The summed E-state index contributed by atoms with van der Waals surface area (Å²) in [7, 11) is 1.57. The second kappa shape index (κ2) is 6.44. The Morgan fingerprint density at radius 2 is 2.29 bits per heavy atom. The van der Waals surface area contributed by atoms with Gasteiger partial charge in [0, 0.05) is 19.5 Å². The van der Waals surface area contributed by atoms with E-state index >= 15 is 0 Å². The zero-order chi connectivity index (χ0) is 12.8. The maximum absolute atomic E-state index is 13.2. The number of halogens is 2. The third-order valence-corrected chi connectivity index (χ3v) is 2.74. The van der Waals surface area contributed by atoms with Crippen molar-refractivity contribution in [3.63, 3.8) is 0 Å². The quantitative estimate of drug-likeness (QED) is 0.646. The maximum Gasteiger partial charge on any atom is 0.219 e. The molecule has 94 valence electrons. The number of anilines is 1. The first-order valence-corrected chi connectivity index (χ1v) is 5.91. The number of nitrogens with two attached hydrogens (primary N) is 1. The largest absolute Gasteiger partial charge is 0.491 e. The molecule has 0 aliphatic carbocycles. The molecular weight excluding hydrogens is 291 g/mol. The summed E-state index contributed by atoms with van der Waals surface area (Å²) in [4.78, 5) is 10.9. The smallest absolute Gasteiger partial charge is 0.219 e. The molecule has 0 aliphatic heterocycles. The van der Waals surface area contributed by atoms with Crippen molar-refractivity contribution in [2.24, 2.45) is 0 Å². The zero-order valence-electron chi connectivity index (χ0n) is 9.43. The van der Waals surface area contributed by atoms with E-state index in [0.29, 0.717) is 35.4 Å². The second-order valence-corrected chi connectivity index (χ2v) is 4.28. The Hall–Kier alpha value is -1.30. The van der Waals surface area contributed by atoms with Crippen LogP contribution in [0.3, 0.4) is 0 Å². The van der Waals surface area contributed by atoms with E-state index in [-0.39, 0.29) is 5.91 Å². The van der Waals surface area contributed by atoms with Gasteiger partial charge in [0.2, 0.25) is 5.91 Å². The molecule has 1 aromatic rings. The van der Waals surface area contributed by atoms with Crippen LogP contribution in [0.1, 0.15) is 12.8 Å². The van der Waals surface area contributed by atoms with Gasteiger partial charge in [0.05, 0.1) is 16.8 Å². The summed E-state index contributed by atoms with van der Waals surface area (Å²) in [6, 6.07) is 2.67. The highest BCUT2D eigenvalue weighted by molar-refractivity contribution is 9.10. The number of rotatable bonds is 5. The molecule has 0 saturated heterocycles. The lowest BCUT2D eigenvalue weighted by molar-refractivity contribution is -0.120. The van der Waals surface area contributed by atoms with E-state index in [1.165, 1.54) is 12.1 Å². The fourth-order valence-corrected chi connectivity index (χ4v) is 1.57. The zero-order valence-corrected chi connectivity index (χ0v) is 11.0. The molecule has 3 N–H and O–H groups in total. The van der Waals surface area contributed by atoms with E-state index < -0.39 is 5.82 Å². The number of benzene rings is 1. The summed E-state index contributed by atoms with van der Waals surface area (Å²) in [6.07, 6.45) is 0.923. The van der Waals surface area contributed by atoms with E-state index in [9.17, 15) is 9.18 Å². The third kappa shape index (κ3) is 4.22. The van der Waals surface area contributed by atoms with Crippen LogP contribution in [0, 0.1) is 5.82 Å². The highest BCUT2D eigenvalue weighted by Gasteiger charge is 2.07. The number of nitrogens with one attached hydrogen (secondary N) is 1. The van der Waals surface area contributed by atoms with Gasteiger partial charge < -0.3 is 15.8 Å². The molecule has 0 atom stereocenters. The molecule has 0 spiro atoms. The molecular formula is C11H14BrFN2O2. The average Bonchev–Trinajstić information content (AvgIpc) is 2.30. The number of hydrogen-bond donors (Lipinski definition) is 2. The first kappa shape index (κ1) is 13.8. The molecule has 0 aromatic heterocycles. The summed E-state index contributed by atoms with van der Waals surface area (Å²) < 4.78 is 18.8. The first-order valence-electron chi connectivity index (χ1n) is 5.12. The lowest BCUT2D eigenvalue weighted by atomic mass is 10.3. The van der Waals surface area contributed by atoms with Crippen molar-refractivity contribution in [2.45, 2.75) is 12.8 Å². The van der Waals surface area contributed by atoms with Crippen molar-refractivity contribution in [2.75, 3.05) is 19.4 Å². The highest BCUT2D eigenvalue weighted by Crippen LogP contribution is 2.28. The van der Waals surface area contributed by atoms with Crippen molar-refractivity contribution in [3.05, 3.63) is 22.4 Å². The van der Waals surface area contributed by atoms with Gasteiger partial charge in [0.1, 0.15) is 11.6 Å². The van der Waals surface area contributed by atoms with Gasteiger partial charge in [0.15, 0.2) is 0 Å². The summed E-state index contributed by atoms with van der Waals surface area (Å²) in [6.45, 7) is 0.318. The molecule has 17 heavy (non-hydrogen) atoms. The lowest BCUT2D eigenvalue weighted by Gasteiger charge is -2.09. The fourth-order valence-electron chi connectivity index (χ4n) is 1.21. The molecule has 1 aromatic carbocycles. The molecule has 0 aliphatic rings. The fraction of sp³-hybridized carbons (Fsp3) is 0.364. The van der Waals surface area contributed by atoms with Crippen LogP contribution < -0.4 is 15.8 Å². The van der Waals surface area contributed by atoms with Crippen LogP contribution in [0.25, 0.3) is 0 Å². The Labute approximate surface area is 107 Å². The Balaban J connectivity index is 2.47. The SMILES string of the molecule is CNC(=O)CCCOc1cc(F)c(Br)cc1N. The highest BCUT2D eigenvalue weighted by atomic mass is 79.9.